The molecule has 11 aromatic rings. The van der Waals surface area contributed by atoms with Crippen molar-refractivity contribution >= 4 is 137 Å². The van der Waals surface area contributed by atoms with Gasteiger partial charge in [-0.25, -0.2) is 0 Å². The average molecular weight is 796 g/mol. The molecule has 0 aliphatic heterocycles. The molecule has 0 fully saturated rings. The summed E-state index contributed by atoms with van der Waals surface area (Å²) in [6.45, 7) is 0. The van der Waals surface area contributed by atoms with Crippen LogP contribution in [-0.2, 0) is 0 Å². The van der Waals surface area contributed by atoms with Crippen LogP contribution >= 0.6 is 0 Å². The SMILES string of the molecule is Bc1c(B)c(B)c2c(c1B)c1c(B)c(-c3ccc4c(c3)c3cccc(-c5cccc(-c6ccccc6)c5)c3n4-c3ccccc3)c(B)c(B)c1n2-c1ccc(-c2ccccc2)cc1. The van der Waals surface area contributed by atoms with Gasteiger partial charge in [-0.3, -0.25) is 0 Å². The third-order valence-corrected chi connectivity index (χ3v) is 14.2. The van der Waals surface area contributed by atoms with Crippen LogP contribution in [-0.4, -0.2) is 64.1 Å². The molecule has 9 aromatic carbocycles. The van der Waals surface area contributed by atoms with E-state index < -0.39 is 0 Å². The molecule has 0 aliphatic carbocycles. The van der Waals surface area contributed by atoms with Crippen LogP contribution in [0.15, 0.2) is 176 Å². The summed E-state index contributed by atoms with van der Waals surface area (Å²) in [6.07, 6.45) is 0. The van der Waals surface area contributed by atoms with Crippen LogP contribution in [0.3, 0.4) is 0 Å². The van der Waals surface area contributed by atoms with Gasteiger partial charge in [0.15, 0.2) is 0 Å². The molecule has 2 aromatic heterocycles. The van der Waals surface area contributed by atoms with Gasteiger partial charge in [0.05, 0.1) is 11.0 Å². The smallest absolute Gasteiger partial charge is 0.141 e. The minimum atomic E-state index is 1.16. The van der Waals surface area contributed by atoms with E-state index in [-0.39, 0.29) is 0 Å². The van der Waals surface area contributed by atoms with Crippen molar-refractivity contribution in [3.8, 4) is 55.9 Å². The lowest BCUT2D eigenvalue weighted by Gasteiger charge is -2.19. The molecule has 0 radical (unpaired) electrons. The van der Waals surface area contributed by atoms with E-state index in [1.807, 2.05) is 0 Å². The number of aromatic nitrogens is 2. The second-order valence-corrected chi connectivity index (χ2v) is 17.5. The molecule has 2 nitrogen and oxygen atoms in total. The fourth-order valence-electron chi connectivity index (χ4n) is 10.6. The largest absolute Gasteiger partial charge is 0.310 e. The van der Waals surface area contributed by atoms with E-state index in [0.717, 1.165) is 5.69 Å². The highest BCUT2D eigenvalue weighted by Gasteiger charge is 2.25. The molecule has 0 aliphatic rings. The summed E-state index contributed by atoms with van der Waals surface area (Å²) in [5.74, 6) is 0. The molecule has 0 bridgehead atoms. The van der Waals surface area contributed by atoms with Gasteiger partial charge < -0.3 is 9.13 Å². The van der Waals surface area contributed by atoms with Crippen molar-refractivity contribution in [3.05, 3.63) is 176 Å². The molecule has 0 saturated heterocycles. The first kappa shape index (κ1) is 38.9. The summed E-state index contributed by atoms with van der Waals surface area (Å²) in [7, 11) is 16.3. The van der Waals surface area contributed by atoms with Crippen LogP contribution in [0, 0.1) is 0 Å². The van der Waals surface area contributed by atoms with Gasteiger partial charge in [-0.2, -0.15) is 0 Å². The van der Waals surface area contributed by atoms with Crippen molar-refractivity contribution in [2.45, 2.75) is 0 Å². The Bertz CT molecular complexity index is 3620. The molecular weight excluding hydrogens is 752 g/mol. The van der Waals surface area contributed by atoms with Crippen molar-refractivity contribution in [3.63, 3.8) is 0 Å². The zero-order valence-electron chi connectivity index (χ0n) is 37.1. The Morgan fingerprint density at radius 2 is 0.794 bits per heavy atom. The topological polar surface area (TPSA) is 9.86 Å². The lowest BCUT2D eigenvalue weighted by atomic mass is 9.64. The predicted molar refractivity (Wildman–Crippen MR) is 294 cm³/mol. The van der Waals surface area contributed by atoms with Crippen molar-refractivity contribution in [1.82, 2.24) is 9.13 Å². The van der Waals surface area contributed by atoms with Gasteiger partial charge in [0.2, 0.25) is 0 Å². The number of nitrogens with zero attached hydrogens (tertiary/aromatic N) is 2. The molecule has 2 heterocycles. The minimum Gasteiger partial charge on any atom is -0.310 e. The quantitative estimate of drug-likeness (QED) is 0.229. The first-order valence-electron chi connectivity index (χ1n) is 22.2. The number of para-hydroxylation sites is 2. The number of rotatable bonds is 6. The Hall–Kier alpha value is -6.97. The third-order valence-electron chi connectivity index (χ3n) is 14.2. The van der Waals surface area contributed by atoms with Crippen LogP contribution < -0.4 is 38.2 Å². The Balaban J connectivity index is 1.17. The van der Waals surface area contributed by atoms with E-state index in [4.69, 9.17) is 0 Å². The lowest BCUT2D eigenvalue weighted by Crippen LogP contribution is -2.48. The molecule has 11 rings (SSSR count). The van der Waals surface area contributed by atoms with Crippen LogP contribution in [0.1, 0.15) is 0 Å². The highest BCUT2D eigenvalue weighted by atomic mass is 15.0. The summed E-state index contributed by atoms with van der Waals surface area (Å²) >= 11 is 0. The van der Waals surface area contributed by atoms with Crippen molar-refractivity contribution in [2.75, 3.05) is 0 Å². The fraction of sp³-hybridized carbons (Fsp3) is 0. The molecule has 0 spiro atoms. The van der Waals surface area contributed by atoms with E-state index in [1.54, 1.807) is 0 Å². The second-order valence-electron chi connectivity index (χ2n) is 17.5. The maximum Gasteiger partial charge on any atom is 0.141 e. The predicted octanol–water partition coefficient (Wildman–Crippen LogP) is 2.36. The monoisotopic (exact) mass is 796 g/mol. The molecule has 9 heteroatoms. The van der Waals surface area contributed by atoms with E-state index >= 15 is 0 Å². The first-order valence-corrected chi connectivity index (χ1v) is 22.2. The van der Waals surface area contributed by atoms with Crippen LogP contribution in [0.4, 0.5) is 0 Å². The number of hydrogen-bond donors (Lipinski definition) is 0. The zero-order valence-corrected chi connectivity index (χ0v) is 37.1. The van der Waals surface area contributed by atoms with E-state index in [0.29, 0.717) is 0 Å². The average Bonchev–Trinajstić information content (AvgIpc) is 3.87. The molecule has 0 unspecified atom stereocenters. The van der Waals surface area contributed by atoms with E-state index in [9.17, 15) is 0 Å². The third kappa shape index (κ3) is 6.04. The van der Waals surface area contributed by atoms with Gasteiger partial charge >= 0.3 is 0 Å². The summed E-state index contributed by atoms with van der Waals surface area (Å²) in [5, 5.41) is 5.22. The van der Waals surface area contributed by atoms with Crippen molar-refractivity contribution in [1.29, 1.82) is 0 Å². The van der Waals surface area contributed by atoms with Crippen molar-refractivity contribution < 1.29 is 0 Å². The molecule has 0 saturated carbocycles. The minimum absolute atomic E-state index is 1.16. The Labute approximate surface area is 375 Å². The maximum atomic E-state index is 2.57. The molecule has 0 amide bonds. The fourth-order valence-corrected chi connectivity index (χ4v) is 10.6. The number of fused-ring (bicyclic) bond motifs is 6. The highest BCUT2D eigenvalue weighted by molar-refractivity contribution is 6.69. The van der Waals surface area contributed by atoms with Gasteiger partial charge in [0.25, 0.3) is 0 Å². The summed E-state index contributed by atoms with van der Waals surface area (Å²) in [4.78, 5) is 0. The Kier molecular flexibility index (Phi) is 9.35. The summed E-state index contributed by atoms with van der Waals surface area (Å²) in [5.41, 5.74) is 26.7. The van der Waals surface area contributed by atoms with Crippen LogP contribution in [0.5, 0.6) is 0 Å². The molecule has 63 heavy (non-hydrogen) atoms. The van der Waals surface area contributed by atoms with E-state index in [1.165, 1.54) is 132 Å². The molecule has 0 atom stereocenters. The molecule has 290 valence electrons. The van der Waals surface area contributed by atoms with Crippen LogP contribution in [0.25, 0.3) is 99.5 Å². The van der Waals surface area contributed by atoms with Gasteiger partial charge in [-0.15, -0.1) is 5.46 Å². The van der Waals surface area contributed by atoms with Crippen molar-refractivity contribution in [2.24, 2.45) is 0 Å². The lowest BCUT2D eigenvalue weighted by molar-refractivity contribution is 1.18. The van der Waals surface area contributed by atoms with Gasteiger partial charge in [0, 0.05) is 44.1 Å². The first-order chi connectivity index (χ1) is 30.7. The summed E-state index contributed by atoms with van der Waals surface area (Å²) < 4.78 is 5.04. The summed E-state index contributed by atoms with van der Waals surface area (Å²) in [6, 6.07) is 64.4. The number of hydrogen-bond acceptors (Lipinski definition) is 0. The van der Waals surface area contributed by atoms with Crippen LogP contribution in [0.2, 0.25) is 0 Å². The standard InChI is InChI=1S/C54H43B7N2/c55-45-42(46(56)50(60)53-43(45)44-47(57)48(58)49(59)51(61)54(44)63(53)37-25-22-32(23-26-37)30-12-4-1-5-13-30)35-24-27-41-40(29-35)39-21-11-20-38(52(39)62(41)36-18-8-3-9-19-36)34-17-10-16-33(28-34)31-14-6-2-7-15-31/h1-29H,55-61H2. The molecule has 0 N–H and O–H groups in total. The zero-order chi connectivity index (χ0) is 43.1. The maximum absolute atomic E-state index is 2.57. The van der Waals surface area contributed by atoms with Gasteiger partial charge in [-0.05, 0) is 86.8 Å². The normalized spacial score (nSPS) is 11.6. The van der Waals surface area contributed by atoms with Gasteiger partial charge in [-0.1, -0.05) is 166 Å². The molecular formula is C54H43B7N2. The number of benzene rings is 9. The van der Waals surface area contributed by atoms with Gasteiger partial charge in [0.1, 0.15) is 54.9 Å². The Morgan fingerprint density at radius 1 is 0.286 bits per heavy atom. The Morgan fingerprint density at radius 3 is 1.48 bits per heavy atom. The second kappa shape index (κ2) is 15.1. The van der Waals surface area contributed by atoms with E-state index in [2.05, 4.69) is 240 Å². The highest BCUT2D eigenvalue weighted by Crippen LogP contribution is 2.41.